The maximum atomic E-state index is 14.2. The van der Waals surface area contributed by atoms with Crippen molar-refractivity contribution in [2.45, 2.75) is 134 Å². The standard InChI is InChI=1S/C40H66N6O8S/c1-9-25(4)36(45(6)40(50)34(24(2)3)44-39(49)35-28-17-18-29(21-28)42-35)32(53-7)22-33(47)46-19-13-16-31(46)37(54-8)26(5)38(48)43-30(23-55(41,51)52)20-27-14-11-10-12-15-27/h10-12,14-15,24-26,28-32,34-37,42H,9,13,16-23H2,1-8H3,(H,43,48)(H,44,49)(H2,41,51,52)/t25-,26+,28-,29+,30?,31?,32+,34?,35-,36-,37+/m0/s1. The van der Waals surface area contributed by atoms with Crippen LogP contribution in [-0.2, 0) is 45.1 Å². The van der Waals surface area contributed by atoms with E-state index in [9.17, 15) is 27.6 Å². The molecule has 1 aliphatic carbocycles. The highest BCUT2D eigenvalue weighted by molar-refractivity contribution is 7.89. The number of nitrogens with one attached hydrogen (secondary N) is 3. The minimum Gasteiger partial charge on any atom is -0.379 e. The summed E-state index contributed by atoms with van der Waals surface area (Å²) in [6.45, 7) is 10.1. The average molecular weight is 791 g/mol. The number of nitrogens with zero attached hydrogens (tertiary/aromatic N) is 2. The van der Waals surface area contributed by atoms with E-state index in [-0.39, 0.29) is 48.4 Å². The Labute approximate surface area is 328 Å². The number of hydrogen-bond acceptors (Lipinski definition) is 9. The van der Waals surface area contributed by atoms with E-state index in [1.165, 1.54) is 7.11 Å². The highest BCUT2D eigenvalue weighted by atomic mass is 32.2. The summed E-state index contributed by atoms with van der Waals surface area (Å²) in [5.74, 6) is -2.00. The molecule has 2 heterocycles. The summed E-state index contributed by atoms with van der Waals surface area (Å²) >= 11 is 0. The second kappa shape index (κ2) is 19.8. The van der Waals surface area contributed by atoms with E-state index in [1.807, 2.05) is 58.0 Å². The molecule has 3 fully saturated rings. The zero-order valence-corrected chi connectivity index (χ0v) is 34.8. The van der Waals surface area contributed by atoms with Crippen LogP contribution in [0, 0.1) is 23.7 Å². The molecule has 0 spiro atoms. The van der Waals surface area contributed by atoms with Gasteiger partial charge in [-0.2, -0.15) is 0 Å². The van der Waals surface area contributed by atoms with Gasteiger partial charge < -0.3 is 35.2 Å². The molecule has 1 saturated carbocycles. The first kappa shape index (κ1) is 44.6. The molecule has 5 N–H and O–H groups in total. The van der Waals surface area contributed by atoms with Gasteiger partial charge in [0.2, 0.25) is 33.7 Å². The van der Waals surface area contributed by atoms with Crippen LogP contribution in [-0.4, -0.2) is 124 Å². The minimum absolute atomic E-state index is 0.00207. The van der Waals surface area contributed by atoms with E-state index in [0.29, 0.717) is 31.3 Å². The van der Waals surface area contributed by atoms with Crippen molar-refractivity contribution in [2.75, 3.05) is 33.6 Å². The molecule has 2 saturated heterocycles. The third-order valence-corrected chi connectivity index (χ3v) is 13.1. The Morgan fingerprint density at radius 3 is 2.25 bits per heavy atom. The van der Waals surface area contributed by atoms with Crippen molar-refractivity contribution in [2.24, 2.45) is 28.8 Å². The molecule has 3 unspecified atom stereocenters. The van der Waals surface area contributed by atoms with Gasteiger partial charge in [0.25, 0.3) is 0 Å². The van der Waals surface area contributed by atoms with Gasteiger partial charge in [0.15, 0.2) is 0 Å². The molecular formula is C40H66N6O8S. The number of hydrogen-bond donors (Lipinski definition) is 4. The number of amides is 4. The van der Waals surface area contributed by atoms with E-state index >= 15 is 0 Å². The van der Waals surface area contributed by atoms with E-state index in [2.05, 4.69) is 16.0 Å². The molecule has 4 amide bonds. The highest BCUT2D eigenvalue weighted by Gasteiger charge is 2.46. The van der Waals surface area contributed by atoms with Crippen molar-refractivity contribution in [1.82, 2.24) is 25.8 Å². The smallest absolute Gasteiger partial charge is 0.245 e. The van der Waals surface area contributed by atoms with Crippen LogP contribution in [0.1, 0.15) is 85.1 Å². The lowest BCUT2D eigenvalue weighted by molar-refractivity contribution is -0.147. The fourth-order valence-electron chi connectivity index (χ4n) is 9.10. The molecule has 2 bridgehead atoms. The largest absolute Gasteiger partial charge is 0.379 e. The number of likely N-dealkylation sites (tertiary alicyclic amines) is 1. The number of carbonyl (C=O) groups is 4. The third kappa shape index (κ3) is 11.5. The van der Waals surface area contributed by atoms with Crippen LogP contribution in [0.3, 0.4) is 0 Å². The number of likely N-dealkylation sites (N-methyl/N-ethyl adjacent to an activating group) is 1. The molecule has 11 atom stereocenters. The lowest BCUT2D eigenvalue weighted by atomic mass is 9.89. The summed E-state index contributed by atoms with van der Waals surface area (Å²) in [5.41, 5.74) is 0.855. The topological polar surface area (TPSA) is 189 Å². The number of fused-ring (bicyclic) bond motifs is 2. The molecule has 0 aromatic heterocycles. The lowest BCUT2D eigenvalue weighted by Crippen LogP contribution is -2.60. The molecule has 55 heavy (non-hydrogen) atoms. The van der Waals surface area contributed by atoms with Gasteiger partial charge >= 0.3 is 0 Å². The van der Waals surface area contributed by atoms with Gasteiger partial charge in [-0.1, -0.05) is 71.4 Å². The number of nitrogens with two attached hydrogens (primary N) is 1. The summed E-state index contributed by atoms with van der Waals surface area (Å²) < 4.78 is 36.1. The van der Waals surface area contributed by atoms with Gasteiger partial charge in [-0.15, -0.1) is 0 Å². The lowest BCUT2D eigenvalue weighted by Gasteiger charge is -2.41. The van der Waals surface area contributed by atoms with Crippen LogP contribution in [0.2, 0.25) is 0 Å². The molecular weight excluding hydrogens is 725 g/mol. The summed E-state index contributed by atoms with van der Waals surface area (Å²) in [4.78, 5) is 59.0. The number of methoxy groups -OCH3 is 2. The maximum Gasteiger partial charge on any atom is 0.245 e. The van der Waals surface area contributed by atoms with Gasteiger partial charge in [0.1, 0.15) is 6.04 Å². The van der Waals surface area contributed by atoms with Gasteiger partial charge in [-0.25, -0.2) is 13.6 Å². The van der Waals surface area contributed by atoms with E-state index in [0.717, 1.165) is 31.2 Å². The first-order valence-electron chi connectivity index (χ1n) is 20.0. The fourth-order valence-corrected chi connectivity index (χ4v) is 9.86. The van der Waals surface area contributed by atoms with E-state index in [4.69, 9.17) is 14.6 Å². The van der Waals surface area contributed by atoms with Crippen molar-refractivity contribution in [3.63, 3.8) is 0 Å². The monoisotopic (exact) mass is 790 g/mol. The molecule has 1 aromatic rings. The zero-order valence-electron chi connectivity index (χ0n) is 34.0. The van der Waals surface area contributed by atoms with Crippen molar-refractivity contribution in [3.05, 3.63) is 35.9 Å². The van der Waals surface area contributed by atoms with Gasteiger partial charge in [-0.3, -0.25) is 19.2 Å². The molecule has 1 aromatic carbocycles. The summed E-state index contributed by atoms with van der Waals surface area (Å²) in [6.07, 6.45) is 4.09. The quantitative estimate of drug-likeness (QED) is 0.154. The molecule has 14 nitrogen and oxygen atoms in total. The Morgan fingerprint density at radius 1 is 1.02 bits per heavy atom. The normalized spacial score (nSPS) is 24.8. The predicted molar refractivity (Wildman–Crippen MR) is 211 cm³/mol. The molecule has 2 aliphatic heterocycles. The first-order valence-corrected chi connectivity index (χ1v) is 21.7. The molecule has 0 radical (unpaired) electrons. The van der Waals surface area contributed by atoms with E-state index in [1.54, 1.807) is 30.9 Å². The Kier molecular flexibility index (Phi) is 16.1. The maximum absolute atomic E-state index is 14.2. The van der Waals surface area contributed by atoms with Crippen LogP contribution in [0.4, 0.5) is 0 Å². The molecule has 310 valence electrons. The predicted octanol–water partition coefficient (Wildman–Crippen LogP) is 2.20. The fraction of sp³-hybridized carbons (Fsp3) is 0.750. The molecule has 3 aliphatic rings. The number of ether oxygens (including phenoxy) is 2. The second-order valence-electron chi connectivity index (χ2n) is 16.5. The number of primary sulfonamides is 1. The van der Waals surface area contributed by atoms with Crippen LogP contribution in [0.15, 0.2) is 30.3 Å². The highest BCUT2D eigenvalue weighted by Crippen LogP contribution is 2.35. The van der Waals surface area contributed by atoms with Crippen LogP contribution < -0.4 is 21.1 Å². The number of benzene rings is 1. The Hall–Kier alpha value is -3.11. The van der Waals surface area contributed by atoms with Gasteiger partial charge in [0.05, 0.1) is 48.4 Å². The number of rotatable bonds is 20. The average Bonchev–Trinajstić information content (AvgIpc) is 3.91. The first-order chi connectivity index (χ1) is 26.0. The van der Waals surface area contributed by atoms with E-state index < -0.39 is 64.0 Å². The van der Waals surface area contributed by atoms with Crippen molar-refractivity contribution in [1.29, 1.82) is 0 Å². The van der Waals surface area contributed by atoms with Gasteiger partial charge in [-0.05, 0) is 61.8 Å². The third-order valence-electron chi connectivity index (χ3n) is 12.2. The van der Waals surface area contributed by atoms with Crippen LogP contribution >= 0.6 is 0 Å². The zero-order chi connectivity index (χ0) is 40.6. The Balaban J connectivity index is 1.46. The summed E-state index contributed by atoms with van der Waals surface area (Å²) in [7, 11) is 0.895. The van der Waals surface area contributed by atoms with Crippen molar-refractivity contribution in [3.8, 4) is 0 Å². The number of carbonyl (C=O) groups excluding carboxylic acids is 4. The molecule has 15 heteroatoms. The van der Waals surface area contributed by atoms with Crippen molar-refractivity contribution < 1.29 is 37.1 Å². The van der Waals surface area contributed by atoms with Crippen LogP contribution in [0.25, 0.3) is 0 Å². The molecule has 4 rings (SSSR count). The van der Waals surface area contributed by atoms with Crippen molar-refractivity contribution >= 4 is 33.7 Å². The van der Waals surface area contributed by atoms with Gasteiger partial charge in [0, 0.05) is 39.9 Å². The number of piperidine rings is 1. The number of sulfonamides is 1. The summed E-state index contributed by atoms with van der Waals surface area (Å²) in [6, 6.07) is 6.95. The Bertz CT molecular complexity index is 1560. The SMILES string of the molecule is CC[C@H](C)[C@@H]([C@@H](CC(=O)N1CCCC1[C@H](OC)[C@@H](C)C(=O)NC(Cc1ccccc1)CS(N)(=O)=O)OC)N(C)C(=O)C(NC(=O)[C@H]1N[C@@H]2CC[C@H]1C2)C(C)C. The Morgan fingerprint density at radius 2 is 1.71 bits per heavy atom. The summed E-state index contributed by atoms with van der Waals surface area (Å²) in [5, 5.41) is 14.8. The minimum atomic E-state index is -3.89. The van der Waals surface area contributed by atoms with Crippen LogP contribution in [0.5, 0.6) is 0 Å². The second-order valence-corrected chi connectivity index (χ2v) is 18.1.